The highest BCUT2D eigenvalue weighted by molar-refractivity contribution is 8.00. The molecule has 7 nitrogen and oxygen atoms in total. The molecule has 3 aromatic rings. The van der Waals surface area contributed by atoms with E-state index in [1.54, 1.807) is 44.0 Å². The number of hydrogen-bond acceptors (Lipinski definition) is 8. The summed E-state index contributed by atoms with van der Waals surface area (Å²) < 4.78 is 10.6. The first-order chi connectivity index (χ1) is 12.6. The zero-order valence-corrected chi connectivity index (χ0v) is 15.6. The van der Waals surface area contributed by atoms with Crippen LogP contribution in [0.3, 0.4) is 0 Å². The third-order valence-electron chi connectivity index (χ3n) is 3.42. The first-order valence-corrected chi connectivity index (χ1v) is 9.30. The van der Waals surface area contributed by atoms with Gasteiger partial charge in [0.1, 0.15) is 11.1 Å². The number of hydrogen-bond donors (Lipinski definition) is 1. The number of carbonyl (C=O) groups excluding carboxylic acids is 1. The number of ether oxygens (including phenoxy) is 2. The number of fused-ring (bicyclic) bond motifs is 1. The minimum Gasteiger partial charge on any atom is -0.493 e. The minimum absolute atomic E-state index is 0.125. The molecule has 2 aromatic heterocycles. The lowest BCUT2D eigenvalue weighted by atomic mass is 10.1. The highest BCUT2D eigenvalue weighted by Crippen LogP contribution is 2.33. The van der Waals surface area contributed by atoms with Gasteiger partial charge in [-0.3, -0.25) is 4.79 Å². The van der Waals surface area contributed by atoms with Crippen LogP contribution in [0, 0.1) is 11.3 Å². The Morgan fingerprint density at radius 2 is 2.08 bits per heavy atom. The molecular weight excluding hydrogens is 372 g/mol. The molecule has 1 N–H and O–H groups in total. The van der Waals surface area contributed by atoms with Crippen molar-refractivity contribution < 1.29 is 14.3 Å². The average molecular weight is 386 g/mol. The number of amides is 1. The van der Waals surface area contributed by atoms with Crippen LogP contribution in [0.4, 0.5) is 5.13 Å². The fourth-order valence-electron chi connectivity index (χ4n) is 2.25. The number of thioether (sulfide) groups is 1. The van der Waals surface area contributed by atoms with E-state index in [1.807, 2.05) is 0 Å². The molecule has 1 amide bonds. The summed E-state index contributed by atoms with van der Waals surface area (Å²) in [5.74, 6) is 1.03. The zero-order valence-electron chi connectivity index (χ0n) is 14.0. The van der Waals surface area contributed by atoms with Crippen LogP contribution in [0.5, 0.6) is 11.5 Å². The number of nitriles is 1. The number of anilines is 1. The van der Waals surface area contributed by atoms with Crippen molar-refractivity contribution in [2.75, 3.05) is 25.3 Å². The smallest absolute Gasteiger partial charge is 0.236 e. The molecule has 0 aliphatic heterocycles. The summed E-state index contributed by atoms with van der Waals surface area (Å²) in [5, 5.41) is 15.7. The summed E-state index contributed by atoms with van der Waals surface area (Å²) in [6.07, 6.45) is 1.62. The van der Waals surface area contributed by atoms with Crippen molar-refractivity contribution in [3.8, 4) is 17.6 Å². The molecule has 0 bridgehead atoms. The second-order valence-electron chi connectivity index (χ2n) is 5.03. The maximum absolute atomic E-state index is 12.0. The highest BCUT2D eigenvalue weighted by atomic mass is 32.2. The number of nitrogens with zero attached hydrogens (tertiary/aromatic N) is 3. The van der Waals surface area contributed by atoms with Gasteiger partial charge in [0.2, 0.25) is 5.91 Å². The van der Waals surface area contributed by atoms with Gasteiger partial charge in [-0.2, -0.15) is 5.26 Å². The van der Waals surface area contributed by atoms with Crippen LogP contribution in [-0.2, 0) is 4.79 Å². The van der Waals surface area contributed by atoms with Crippen LogP contribution < -0.4 is 14.8 Å². The molecule has 0 aliphatic carbocycles. The molecule has 26 heavy (non-hydrogen) atoms. The first kappa shape index (κ1) is 18.0. The molecule has 0 atom stereocenters. The Hall–Kier alpha value is -2.83. The van der Waals surface area contributed by atoms with E-state index in [-0.39, 0.29) is 11.7 Å². The van der Waals surface area contributed by atoms with Crippen molar-refractivity contribution in [1.29, 1.82) is 5.26 Å². The van der Waals surface area contributed by atoms with Crippen molar-refractivity contribution >= 4 is 45.0 Å². The van der Waals surface area contributed by atoms with Gasteiger partial charge in [0, 0.05) is 23.0 Å². The molecule has 2 heterocycles. The lowest BCUT2D eigenvalue weighted by Crippen LogP contribution is -2.14. The van der Waals surface area contributed by atoms with Crippen LogP contribution in [-0.4, -0.2) is 35.8 Å². The molecule has 132 valence electrons. The quantitative estimate of drug-likeness (QED) is 0.649. The van der Waals surface area contributed by atoms with Crippen molar-refractivity contribution in [3.05, 3.63) is 35.3 Å². The van der Waals surface area contributed by atoms with Gasteiger partial charge in [0.15, 0.2) is 16.6 Å². The molecule has 0 aliphatic rings. The van der Waals surface area contributed by atoms with E-state index < -0.39 is 0 Å². The third kappa shape index (κ3) is 3.87. The van der Waals surface area contributed by atoms with Crippen LogP contribution in [0.15, 0.2) is 34.8 Å². The predicted molar refractivity (Wildman–Crippen MR) is 101 cm³/mol. The summed E-state index contributed by atoms with van der Waals surface area (Å²) in [7, 11) is 3.10. The second-order valence-corrected chi connectivity index (χ2v) is 6.89. The van der Waals surface area contributed by atoms with Gasteiger partial charge in [-0.05, 0) is 12.1 Å². The van der Waals surface area contributed by atoms with E-state index in [0.29, 0.717) is 32.7 Å². The van der Waals surface area contributed by atoms with Crippen LogP contribution in [0.25, 0.3) is 10.9 Å². The van der Waals surface area contributed by atoms with Gasteiger partial charge in [-0.15, -0.1) is 11.3 Å². The predicted octanol–water partition coefficient (Wildman–Crippen LogP) is 3.31. The molecule has 3 rings (SSSR count). The Bertz CT molecular complexity index is 984. The maximum atomic E-state index is 12.0. The standard InChI is InChI=1S/C17H14N4O3S2/c1-23-13-6-10-5-11(8-18)16(20-12(10)7-14(13)24-2)26-9-15(22)21-17-19-3-4-25-17/h3-7H,9H2,1-2H3,(H,19,21,22). The van der Waals surface area contributed by atoms with Crippen LogP contribution >= 0.6 is 23.1 Å². The number of benzene rings is 1. The summed E-state index contributed by atoms with van der Waals surface area (Å²) in [4.78, 5) is 20.5. The van der Waals surface area contributed by atoms with E-state index in [9.17, 15) is 10.1 Å². The second kappa shape index (κ2) is 8.03. The van der Waals surface area contributed by atoms with Gasteiger partial charge in [0.25, 0.3) is 0 Å². The molecule has 1 aromatic carbocycles. The van der Waals surface area contributed by atoms with E-state index in [4.69, 9.17) is 9.47 Å². The van der Waals surface area contributed by atoms with Gasteiger partial charge in [-0.1, -0.05) is 11.8 Å². The van der Waals surface area contributed by atoms with Crippen LogP contribution in [0.1, 0.15) is 5.56 Å². The normalized spacial score (nSPS) is 10.3. The van der Waals surface area contributed by atoms with Crippen molar-refractivity contribution in [2.24, 2.45) is 0 Å². The number of carbonyl (C=O) groups is 1. The van der Waals surface area contributed by atoms with E-state index in [0.717, 1.165) is 5.39 Å². The molecule has 0 unspecified atom stereocenters. The Labute approximate surface area is 158 Å². The molecule has 0 fully saturated rings. The Morgan fingerprint density at radius 1 is 1.31 bits per heavy atom. The number of pyridine rings is 1. The first-order valence-electron chi connectivity index (χ1n) is 7.43. The molecule has 0 saturated carbocycles. The lowest BCUT2D eigenvalue weighted by molar-refractivity contribution is -0.113. The van der Waals surface area contributed by atoms with E-state index in [1.165, 1.54) is 23.1 Å². The Morgan fingerprint density at radius 3 is 2.73 bits per heavy atom. The fourth-order valence-corrected chi connectivity index (χ4v) is 3.56. The monoisotopic (exact) mass is 386 g/mol. The number of nitrogens with one attached hydrogen (secondary N) is 1. The van der Waals surface area contributed by atoms with Gasteiger partial charge >= 0.3 is 0 Å². The molecule has 0 spiro atoms. The largest absolute Gasteiger partial charge is 0.493 e. The topological polar surface area (TPSA) is 97.1 Å². The molecule has 9 heteroatoms. The maximum Gasteiger partial charge on any atom is 0.236 e. The van der Waals surface area contributed by atoms with Crippen molar-refractivity contribution in [2.45, 2.75) is 5.03 Å². The summed E-state index contributed by atoms with van der Waals surface area (Å²) in [5.41, 5.74) is 1.06. The van der Waals surface area contributed by atoms with Gasteiger partial charge in [0.05, 0.1) is 31.1 Å². The van der Waals surface area contributed by atoms with Crippen LogP contribution in [0.2, 0.25) is 0 Å². The zero-order chi connectivity index (χ0) is 18.5. The number of thiazole rings is 1. The fraction of sp³-hybridized carbons (Fsp3) is 0.176. The van der Waals surface area contributed by atoms with E-state index >= 15 is 0 Å². The van der Waals surface area contributed by atoms with Crippen molar-refractivity contribution in [1.82, 2.24) is 9.97 Å². The number of aromatic nitrogens is 2. The SMILES string of the molecule is COc1cc2cc(C#N)c(SCC(=O)Nc3nccs3)nc2cc1OC. The summed E-state index contributed by atoms with van der Waals surface area (Å²) >= 11 is 2.54. The lowest BCUT2D eigenvalue weighted by Gasteiger charge is -2.10. The molecular formula is C17H14N4O3S2. The summed E-state index contributed by atoms with van der Waals surface area (Å²) in [6.45, 7) is 0. The minimum atomic E-state index is -0.206. The van der Waals surface area contributed by atoms with Gasteiger partial charge < -0.3 is 14.8 Å². The number of rotatable bonds is 6. The summed E-state index contributed by atoms with van der Waals surface area (Å²) in [6, 6.07) is 7.37. The van der Waals surface area contributed by atoms with E-state index in [2.05, 4.69) is 21.4 Å². The Balaban J connectivity index is 1.85. The highest BCUT2D eigenvalue weighted by Gasteiger charge is 2.13. The third-order valence-corrected chi connectivity index (χ3v) is 5.10. The van der Waals surface area contributed by atoms with Gasteiger partial charge in [-0.25, -0.2) is 9.97 Å². The Kier molecular flexibility index (Phi) is 5.55. The van der Waals surface area contributed by atoms with Crippen molar-refractivity contribution in [3.63, 3.8) is 0 Å². The molecule has 0 saturated heterocycles. The average Bonchev–Trinajstić information content (AvgIpc) is 3.17. The number of methoxy groups -OCH3 is 2. The molecule has 0 radical (unpaired) electrons.